The molecule has 0 bridgehead atoms. The number of halogens is 1. The molecule has 1 N–H and O–H groups in total. The van der Waals surface area contributed by atoms with Crippen LogP contribution in [0.1, 0.15) is 56.1 Å². The fourth-order valence-corrected chi connectivity index (χ4v) is 4.47. The molecule has 3 fully saturated rings. The Bertz CT molecular complexity index is 646. The maximum atomic E-state index is 14.6. The van der Waals surface area contributed by atoms with Crippen LogP contribution in [0, 0.1) is 11.7 Å². The summed E-state index contributed by atoms with van der Waals surface area (Å²) in [6.07, 6.45) is 10.0. The average Bonchev–Trinajstić information content (AvgIpc) is 2.57. The molecule has 142 valence electrons. The maximum Gasteiger partial charge on any atom is 0.154 e. The van der Waals surface area contributed by atoms with Crippen molar-refractivity contribution in [1.82, 2.24) is 4.90 Å². The standard InChI is InChI=1S/C22H30FNO2/c23-21-14-17(12-18-8-11-26-22(25)15-18)4-5-19(21)13-16-6-9-24(10-7-16)20-2-1-3-20/h4-5,13-14,18,20,22,25H,1-3,6-12,15H2. The Hall–Kier alpha value is -1.23. The highest BCUT2D eigenvalue weighted by atomic mass is 19.1. The van der Waals surface area contributed by atoms with Crippen molar-refractivity contribution in [3.8, 4) is 0 Å². The zero-order valence-corrected chi connectivity index (χ0v) is 15.5. The van der Waals surface area contributed by atoms with E-state index in [1.165, 1.54) is 24.8 Å². The van der Waals surface area contributed by atoms with Gasteiger partial charge in [-0.1, -0.05) is 30.2 Å². The summed E-state index contributed by atoms with van der Waals surface area (Å²) < 4.78 is 19.8. The van der Waals surface area contributed by atoms with Gasteiger partial charge in [-0.3, -0.25) is 4.90 Å². The molecule has 4 heteroatoms. The summed E-state index contributed by atoms with van der Waals surface area (Å²) in [6, 6.07) is 6.46. The second-order valence-corrected chi connectivity index (χ2v) is 8.20. The van der Waals surface area contributed by atoms with Gasteiger partial charge in [0.15, 0.2) is 6.29 Å². The minimum Gasteiger partial charge on any atom is -0.368 e. The van der Waals surface area contributed by atoms with Gasteiger partial charge in [0, 0.05) is 37.7 Å². The molecule has 0 spiro atoms. The zero-order valence-electron chi connectivity index (χ0n) is 15.5. The minimum absolute atomic E-state index is 0.121. The highest BCUT2D eigenvalue weighted by molar-refractivity contribution is 5.54. The van der Waals surface area contributed by atoms with Crippen LogP contribution >= 0.6 is 0 Å². The van der Waals surface area contributed by atoms with Crippen molar-refractivity contribution in [2.45, 2.75) is 63.7 Å². The molecule has 0 radical (unpaired) electrons. The molecule has 4 rings (SSSR count). The molecule has 0 aromatic heterocycles. The lowest BCUT2D eigenvalue weighted by atomic mass is 9.89. The van der Waals surface area contributed by atoms with Crippen molar-refractivity contribution in [1.29, 1.82) is 0 Å². The fourth-order valence-electron chi connectivity index (χ4n) is 4.47. The summed E-state index contributed by atoms with van der Waals surface area (Å²) in [4.78, 5) is 2.61. The van der Waals surface area contributed by atoms with E-state index < -0.39 is 6.29 Å². The van der Waals surface area contributed by atoms with Crippen LogP contribution in [0.2, 0.25) is 0 Å². The first-order chi connectivity index (χ1) is 12.7. The molecule has 1 aromatic carbocycles. The van der Waals surface area contributed by atoms with E-state index in [-0.39, 0.29) is 5.82 Å². The van der Waals surface area contributed by atoms with E-state index in [4.69, 9.17) is 4.74 Å². The maximum absolute atomic E-state index is 14.6. The average molecular weight is 359 g/mol. The van der Waals surface area contributed by atoms with E-state index >= 15 is 0 Å². The van der Waals surface area contributed by atoms with Gasteiger partial charge in [-0.2, -0.15) is 0 Å². The number of benzene rings is 1. The highest BCUT2D eigenvalue weighted by Gasteiger charge is 2.27. The molecule has 2 heterocycles. The number of aliphatic hydroxyl groups is 1. The van der Waals surface area contributed by atoms with E-state index in [1.807, 2.05) is 12.1 Å². The lowest BCUT2D eigenvalue weighted by Gasteiger charge is -2.40. The second kappa shape index (κ2) is 8.20. The molecule has 3 aliphatic rings. The van der Waals surface area contributed by atoms with E-state index in [2.05, 4.69) is 11.0 Å². The lowest BCUT2D eigenvalue weighted by molar-refractivity contribution is -0.138. The third kappa shape index (κ3) is 4.36. The number of ether oxygens (including phenoxy) is 1. The van der Waals surface area contributed by atoms with Gasteiger partial charge < -0.3 is 9.84 Å². The highest BCUT2D eigenvalue weighted by Crippen LogP contribution is 2.30. The summed E-state index contributed by atoms with van der Waals surface area (Å²) in [7, 11) is 0. The number of hydrogen-bond donors (Lipinski definition) is 1. The Kier molecular flexibility index (Phi) is 5.72. The summed E-state index contributed by atoms with van der Waals surface area (Å²) >= 11 is 0. The Balaban J connectivity index is 1.35. The van der Waals surface area contributed by atoms with Crippen LogP contribution < -0.4 is 0 Å². The molecule has 2 atom stereocenters. The predicted octanol–water partition coefficient (Wildman–Crippen LogP) is 4.14. The van der Waals surface area contributed by atoms with Crippen LogP contribution in [0.3, 0.4) is 0 Å². The lowest BCUT2D eigenvalue weighted by Crippen LogP contribution is -2.43. The molecular formula is C22H30FNO2. The first kappa shape index (κ1) is 18.1. The first-order valence-electron chi connectivity index (χ1n) is 10.2. The first-order valence-corrected chi connectivity index (χ1v) is 10.2. The molecule has 0 amide bonds. The Morgan fingerprint density at radius 1 is 1.19 bits per heavy atom. The normalized spacial score (nSPS) is 28.0. The summed E-state index contributed by atoms with van der Waals surface area (Å²) in [6.45, 7) is 2.85. The Labute approximate surface area is 155 Å². The van der Waals surface area contributed by atoms with E-state index in [9.17, 15) is 9.50 Å². The largest absolute Gasteiger partial charge is 0.368 e. The Morgan fingerprint density at radius 2 is 2.00 bits per heavy atom. The van der Waals surface area contributed by atoms with Gasteiger partial charge in [0.25, 0.3) is 0 Å². The quantitative estimate of drug-likeness (QED) is 0.877. The predicted molar refractivity (Wildman–Crippen MR) is 101 cm³/mol. The fraction of sp³-hybridized carbons (Fsp3) is 0.636. The topological polar surface area (TPSA) is 32.7 Å². The molecule has 26 heavy (non-hydrogen) atoms. The van der Waals surface area contributed by atoms with Crippen LogP contribution in [0.5, 0.6) is 0 Å². The van der Waals surface area contributed by atoms with E-state index in [0.29, 0.717) is 24.5 Å². The van der Waals surface area contributed by atoms with Crippen LogP contribution in [0.15, 0.2) is 23.8 Å². The smallest absolute Gasteiger partial charge is 0.154 e. The Morgan fingerprint density at radius 3 is 2.65 bits per heavy atom. The van der Waals surface area contributed by atoms with Crippen LogP contribution in [-0.2, 0) is 11.2 Å². The van der Waals surface area contributed by atoms with Gasteiger partial charge in [-0.05, 0) is 56.1 Å². The molecule has 2 aliphatic heterocycles. The monoisotopic (exact) mass is 359 g/mol. The van der Waals surface area contributed by atoms with Crippen molar-refractivity contribution < 1.29 is 14.2 Å². The van der Waals surface area contributed by atoms with Crippen molar-refractivity contribution >= 4 is 6.08 Å². The number of nitrogens with zero attached hydrogens (tertiary/aromatic N) is 1. The van der Waals surface area contributed by atoms with Crippen molar-refractivity contribution in [2.75, 3.05) is 19.7 Å². The van der Waals surface area contributed by atoms with Gasteiger partial charge in [-0.25, -0.2) is 4.39 Å². The number of piperidine rings is 1. The molecular weight excluding hydrogens is 329 g/mol. The summed E-state index contributed by atoms with van der Waals surface area (Å²) in [5.41, 5.74) is 3.11. The second-order valence-electron chi connectivity index (χ2n) is 8.20. The van der Waals surface area contributed by atoms with Crippen molar-refractivity contribution in [2.24, 2.45) is 5.92 Å². The van der Waals surface area contributed by atoms with Crippen LogP contribution in [0.4, 0.5) is 4.39 Å². The number of hydrogen-bond acceptors (Lipinski definition) is 3. The molecule has 1 saturated carbocycles. The van der Waals surface area contributed by atoms with Gasteiger partial charge in [0.2, 0.25) is 0 Å². The molecule has 3 nitrogen and oxygen atoms in total. The number of aliphatic hydroxyl groups excluding tert-OH is 1. The van der Waals surface area contributed by atoms with Gasteiger partial charge in [0.1, 0.15) is 5.82 Å². The van der Waals surface area contributed by atoms with Crippen molar-refractivity contribution in [3.05, 3.63) is 40.7 Å². The third-order valence-corrected chi connectivity index (χ3v) is 6.35. The number of rotatable bonds is 4. The zero-order chi connectivity index (χ0) is 17.9. The SMILES string of the molecule is OC1CC(Cc2ccc(C=C3CCN(C4CCC4)CC3)c(F)c2)CCO1. The van der Waals surface area contributed by atoms with Gasteiger partial charge in [-0.15, -0.1) is 0 Å². The van der Waals surface area contributed by atoms with Crippen LogP contribution in [0.25, 0.3) is 6.08 Å². The summed E-state index contributed by atoms with van der Waals surface area (Å²) in [5.74, 6) is 0.252. The van der Waals surface area contributed by atoms with Gasteiger partial charge in [0.05, 0.1) is 0 Å². The van der Waals surface area contributed by atoms with Gasteiger partial charge >= 0.3 is 0 Å². The van der Waals surface area contributed by atoms with E-state index in [0.717, 1.165) is 50.4 Å². The summed E-state index contributed by atoms with van der Waals surface area (Å²) in [5, 5.41) is 9.60. The minimum atomic E-state index is -0.659. The van der Waals surface area contributed by atoms with E-state index in [1.54, 1.807) is 6.07 Å². The van der Waals surface area contributed by atoms with Crippen molar-refractivity contribution in [3.63, 3.8) is 0 Å². The van der Waals surface area contributed by atoms with Crippen LogP contribution in [-0.4, -0.2) is 42.0 Å². The molecule has 2 saturated heterocycles. The molecule has 1 aromatic rings. The third-order valence-electron chi connectivity index (χ3n) is 6.35. The number of likely N-dealkylation sites (tertiary alicyclic amines) is 1. The molecule has 1 aliphatic carbocycles. The molecule has 2 unspecified atom stereocenters.